The van der Waals surface area contributed by atoms with Crippen LogP contribution >= 0.6 is 0 Å². The van der Waals surface area contributed by atoms with E-state index in [2.05, 4.69) is 42.2 Å². The van der Waals surface area contributed by atoms with Crippen LogP contribution in [0.4, 0.5) is 0 Å². The molecule has 2 heterocycles. The monoisotopic (exact) mass is 203 g/mol. The Balaban J connectivity index is 2.75. The second-order valence-electron chi connectivity index (χ2n) is 4.78. The number of imidazole rings is 1. The maximum Gasteiger partial charge on any atom is 0.159 e. The highest BCUT2D eigenvalue weighted by Crippen LogP contribution is 2.24. The molecule has 0 fully saturated rings. The molecule has 0 bridgehead atoms. The molecule has 80 valence electrons. The number of rotatable bonds is 1. The summed E-state index contributed by atoms with van der Waals surface area (Å²) in [5.74, 6) is 1.11. The molecule has 0 atom stereocenters. The first-order valence-electron chi connectivity index (χ1n) is 5.35. The Morgan fingerprint density at radius 2 is 2.07 bits per heavy atom. The molecule has 0 aliphatic carbocycles. The van der Waals surface area contributed by atoms with Gasteiger partial charge in [0.05, 0.1) is 0 Å². The number of pyridine rings is 1. The summed E-state index contributed by atoms with van der Waals surface area (Å²) in [6.07, 6.45) is 1.82. The summed E-state index contributed by atoms with van der Waals surface area (Å²) in [5.41, 5.74) is 2.05. The Kier molecular flexibility index (Phi) is 2.25. The fourth-order valence-electron chi connectivity index (χ4n) is 1.83. The molecule has 3 nitrogen and oxygen atoms in total. The predicted molar refractivity (Wildman–Crippen MR) is 61.9 cm³/mol. The highest BCUT2D eigenvalue weighted by Gasteiger charge is 2.22. The molecular formula is C12H17N3. The molecule has 0 aliphatic rings. The standard InChI is InChI=1S/C12H17N3/c1-5-15-10-9(7-6-8-13-10)14-11(15)12(2,3)4/h6-8H,5H2,1-4H3. The van der Waals surface area contributed by atoms with Crippen LogP contribution in [-0.4, -0.2) is 14.5 Å². The van der Waals surface area contributed by atoms with Gasteiger partial charge in [-0.15, -0.1) is 0 Å². The zero-order chi connectivity index (χ0) is 11.1. The topological polar surface area (TPSA) is 30.7 Å². The minimum absolute atomic E-state index is 0.0662. The number of nitrogens with zero attached hydrogens (tertiary/aromatic N) is 3. The Labute approximate surface area is 90.2 Å². The molecule has 2 aromatic heterocycles. The molecule has 0 saturated heterocycles. The van der Waals surface area contributed by atoms with Gasteiger partial charge in [-0.2, -0.15) is 0 Å². The largest absolute Gasteiger partial charge is 0.313 e. The van der Waals surface area contributed by atoms with Crippen molar-refractivity contribution in [2.75, 3.05) is 0 Å². The Hall–Kier alpha value is -1.38. The van der Waals surface area contributed by atoms with E-state index in [0.29, 0.717) is 0 Å². The molecule has 0 unspecified atom stereocenters. The number of aryl methyl sites for hydroxylation is 1. The fraction of sp³-hybridized carbons (Fsp3) is 0.500. The van der Waals surface area contributed by atoms with Crippen LogP contribution in [0.2, 0.25) is 0 Å². The van der Waals surface area contributed by atoms with Gasteiger partial charge in [-0.05, 0) is 19.1 Å². The van der Waals surface area contributed by atoms with E-state index in [0.717, 1.165) is 23.5 Å². The first kappa shape index (κ1) is 10.1. The molecular weight excluding hydrogens is 186 g/mol. The van der Waals surface area contributed by atoms with Crippen LogP contribution in [-0.2, 0) is 12.0 Å². The number of aromatic nitrogens is 3. The van der Waals surface area contributed by atoms with Gasteiger partial charge in [0.2, 0.25) is 0 Å². The summed E-state index contributed by atoms with van der Waals surface area (Å²) in [6, 6.07) is 3.95. The summed E-state index contributed by atoms with van der Waals surface area (Å²) in [7, 11) is 0. The van der Waals surface area contributed by atoms with Crippen molar-refractivity contribution in [2.24, 2.45) is 0 Å². The van der Waals surface area contributed by atoms with Gasteiger partial charge in [-0.3, -0.25) is 0 Å². The first-order valence-corrected chi connectivity index (χ1v) is 5.35. The van der Waals surface area contributed by atoms with E-state index in [1.165, 1.54) is 0 Å². The number of fused-ring (bicyclic) bond motifs is 1. The summed E-state index contributed by atoms with van der Waals surface area (Å²) < 4.78 is 2.19. The Morgan fingerprint density at radius 1 is 1.33 bits per heavy atom. The van der Waals surface area contributed by atoms with Gasteiger partial charge in [-0.1, -0.05) is 20.8 Å². The summed E-state index contributed by atoms with van der Waals surface area (Å²) in [5, 5.41) is 0. The van der Waals surface area contributed by atoms with E-state index in [4.69, 9.17) is 0 Å². The van der Waals surface area contributed by atoms with Crippen molar-refractivity contribution >= 4 is 11.2 Å². The molecule has 2 aromatic rings. The highest BCUT2D eigenvalue weighted by atomic mass is 15.1. The lowest BCUT2D eigenvalue weighted by atomic mass is 9.96. The molecule has 3 heteroatoms. The number of hydrogen-bond donors (Lipinski definition) is 0. The average molecular weight is 203 g/mol. The Morgan fingerprint density at radius 3 is 2.67 bits per heavy atom. The molecule has 0 N–H and O–H groups in total. The van der Waals surface area contributed by atoms with Gasteiger partial charge in [0.1, 0.15) is 11.3 Å². The van der Waals surface area contributed by atoms with Crippen LogP contribution in [0.25, 0.3) is 11.2 Å². The maximum atomic E-state index is 4.66. The molecule has 0 spiro atoms. The van der Waals surface area contributed by atoms with Gasteiger partial charge in [0.15, 0.2) is 5.65 Å². The van der Waals surface area contributed by atoms with E-state index in [1.807, 2.05) is 18.3 Å². The van der Waals surface area contributed by atoms with Crippen molar-refractivity contribution in [3.8, 4) is 0 Å². The van der Waals surface area contributed by atoms with Gasteiger partial charge in [-0.25, -0.2) is 9.97 Å². The van der Waals surface area contributed by atoms with Crippen LogP contribution < -0.4 is 0 Å². The quantitative estimate of drug-likeness (QED) is 0.713. The van der Waals surface area contributed by atoms with Crippen LogP contribution in [0, 0.1) is 0 Å². The zero-order valence-electron chi connectivity index (χ0n) is 9.78. The van der Waals surface area contributed by atoms with Gasteiger partial charge >= 0.3 is 0 Å². The summed E-state index contributed by atoms with van der Waals surface area (Å²) in [6.45, 7) is 9.59. The van der Waals surface area contributed by atoms with Gasteiger partial charge < -0.3 is 4.57 Å². The maximum absolute atomic E-state index is 4.66. The van der Waals surface area contributed by atoms with Crippen LogP contribution in [0.1, 0.15) is 33.5 Å². The lowest BCUT2D eigenvalue weighted by Gasteiger charge is -2.18. The van der Waals surface area contributed by atoms with Crippen molar-refractivity contribution in [3.63, 3.8) is 0 Å². The molecule has 15 heavy (non-hydrogen) atoms. The van der Waals surface area contributed by atoms with Crippen LogP contribution in [0.15, 0.2) is 18.3 Å². The minimum atomic E-state index is 0.0662. The summed E-state index contributed by atoms with van der Waals surface area (Å²) in [4.78, 5) is 9.04. The van der Waals surface area contributed by atoms with Crippen molar-refractivity contribution < 1.29 is 0 Å². The molecule has 0 radical (unpaired) electrons. The fourth-order valence-corrected chi connectivity index (χ4v) is 1.83. The minimum Gasteiger partial charge on any atom is -0.313 e. The van der Waals surface area contributed by atoms with Crippen LogP contribution in [0.3, 0.4) is 0 Å². The second kappa shape index (κ2) is 3.33. The van der Waals surface area contributed by atoms with E-state index in [1.54, 1.807) is 0 Å². The highest BCUT2D eigenvalue weighted by molar-refractivity contribution is 5.71. The third-order valence-electron chi connectivity index (χ3n) is 2.49. The van der Waals surface area contributed by atoms with E-state index >= 15 is 0 Å². The molecule has 0 aliphatic heterocycles. The SMILES string of the molecule is CCn1c(C(C)(C)C)nc2cccnc21. The van der Waals surface area contributed by atoms with Crippen LogP contribution in [0.5, 0.6) is 0 Å². The predicted octanol–water partition coefficient (Wildman–Crippen LogP) is 2.75. The lowest BCUT2D eigenvalue weighted by molar-refractivity contribution is 0.510. The van der Waals surface area contributed by atoms with Crippen molar-refractivity contribution in [3.05, 3.63) is 24.2 Å². The second-order valence-corrected chi connectivity index (χ2v) is 4.78. The normalized spacial score (nSPS) is 12.3. The van der Waals surface area contributed by atoms with Gasteiger partial charge in [0, 0.05) is 18.2 Å². The van der Waals surface area contributed by atoms with E-state index in [9.17, 15) is 0 Å². The first-order chi connectivity index (χ1) is 7.04. The zero-order valence-corrected chi connectivity index (χ0v) is 9.78. The molecule has 0 aromatic carbocycles. The van der Waals surface area contributed by atoms with Crippen molar-refractivity contribution in [2.45, 2.75) is 39.7 Å². The molecule has 0 saturated carbocycles. The summed E-state index contributed by atoms with van der Waals surface area (Å²) >= 11 is 0. The van der Waals surface area contributed by atoms with Gasteiger partial charge in [0.25, 0.3) is 0 Å². The molecule has 2 rings (SSSR count). The lowest BCUT2D eigenvalue weighted by Crippen LogP contribution is -2.18. The van der Waals surface area contributed by atoms with E-state index < -0.39 is 0 Å². The third kappa shape index (κ3) is 1.62. The van der Waals surface area contributed by atoms with E-state index in [-0.39, 0.29) is 5.41 Å². The van der Waals surface area contributed by atoms with Crippen molar-refractivity contribution in [1.82, 2.24) is 14.5 Å². The molecule has 0 amide bonds. The Bertz CT molecular complexity index is 477. The third-order valence-corrected chi connectivity index (χ3v) is 2.49. The average Bonchev–Trinajstić information content (AvgIpc) is 2.55. The number of hydrogen-bond acceptors (Lipinski definition) is 2. The van der Waals surface area contributed by atoms with Crippen molar-refractivity contribution in [1.29, 1.82) is 0 Å². The smallest absolute Gasteiger partial charge is 0.159 e.